The quantitative estimate of drug-likeness (QED) is 0.744. The molecular formula is C23H32N4O4. The zero-order valence-corrected chi connectivity index (χ0v) is 18.6. The summed E-state index contributed by atoms with van der Waals surface area (Å²) in [5.41, 5.74) is 0.296. The van der Waals surface area contributed by atoms with Gasteiger partial charge in [-0.2, -0.15) is 0 Å². The van der Waals surface area contributed by atoms with Crippen LogP contribution >= 0.6 is 0 Å². The molecule has 3 amide bonds. The summed E-state index contributed by atoms with van der Waals surface area (Å²) in [5.74, 6) is -0.192. The SMILES string of the molecule is CC(C)(CNC(=O)CCN1C(=O)c2ccccc2N2C(=O)CCC12C)N1CCOCC1. The predicted octanol–water partition coefficient (Wildman–Crippen LogP) is 1.60. The van der Waals surface area contributed by atoms with Gasteiger partial charge in [0.25, 0.3) is 5.91 Å². The molecule has 2 saturated heterocycles. The lowest BCUT2D eigenvalue weighted by Crippen LogP contribution is -2.62. The normalized spacial score (nSPS) is 24.2. The standard InChI is InChI=1S/C23H32N4O4/c1-22(2,25-12-14-31-15-13-25)16-24-19(28)9-11-26-21(30)17-6-4-5-7-18(17)27-20(29)8-10-23(26,27)3/h4-7H,8-16H2,1-3H3,(H,24,28). The number of carbonyl (C=O) groups excluding carboxylic acids is 3. The van der Waals surface area contributed by atoms with E-state index in [9.17, 15) is 14.4 Å². The van der Waals surface area contributed by atoms with Crippen LogP contribution in [-0.2, 0) is 14.3 Å². The molecule has 0 aliphatic carbocycles. The average Bonchev–Trinajstić information content (AvgIpc) is 3.08. The summed E-state index contributed by atoms with van der Waals surface area (Å²) >= 11 is 0. The number of hydrogen-bond donors (Lipinski definition) is 1. The second-order valence-corrected chi connectivity index (χ2v) is 9.36. The monoisotopic (exact) mass is 428 g/mol. The summed E-state index contributed by atoms with van der Waals surface area (Å²) in [6.07, 6.45) is 1.16. The Morgan fingerprint density at radius 2 is 1.90 bits per heavy atom. The molecule has 2 fully saturated rings. The summed E-state index contributed by atoms with van der Waals surface area (Å²) in [6, 6.07) is 7.23. The lowest BCUT2D eigenvalue weighted by atomic mass is 9.98. The van der Waals surface area contributed by atoms with Gasteiger partial charge < -0.3 is 15.0 Å². The van der Waals surface area contributed by atoms with E-state index in [-0.39, 0.29) is 36.2 Å². The fraction of sp³-hybridized carbons (Fsp3) is 0.609. The highest BCUT2D eigenvalue weighted by molar-refractivity contribution is 6.10. The summed E-state index contributed by atoms with van der Waals surface area (Å²) in [5, 5.41) is 3.03. The van der Waals surface area contributed by atoms with E-state index in [1.165, 1.54) is 0 Å². The lowest BCUT2D eigenvalue weighted by Gasteiger charge is -2.48. The first-order valence-electron chi connectivity index (χ1n) is 11.1. The van der Waals surface area contributed by atoms with Crippen LogP contribution in [-0.4, -0.2) is 78.1 Å². The third-order valence-electron chi connectivity index (χ3n) is 6.89. The van der Waals surface area contributed by atoms with Crippen molar-refractivity contribution in [2.75, 3.05) is 44.3 Å². The third-order valence-corrected chi connectivity index (χ3v) is 6.89. The van der Waals surface area contributed by atoms with E-state index in [0.29, 0.717) is 43.9 Å². The number of carbonyl (C=O) groups is 3. The Morgan fingerprint density at radius 1 is 1.19 bits per heavy atom. The maximum Gasteiger partial charge on any atom is 0.257 e. The first-order chi connectivity index (χ1) is 14.7. The van der Waals surface area contributed by atoms with Crippen molar-refractivity contribution in [2.24, 2.45) is 0 Å². The molecule has 0 aromatic heterocycles. The number of hydrogen-bond acceptors (Lipinski definition) is 5. The first-order valence-corrected chi connectivity index (χ1v) is 11.1. The van der Waals surface area contributed by atoms with Crippen molar-refractivity contribution in [3.05, 3.63) is 29.8 Å². The van der Waals surface area contributed by atoms with Crippen LogP contribution in [0.15, 0.2) is 24.3 Å². The van der Waals surface area contributed by atoms with Gasteiger partial charge >= 0.3 is 0 Å². The molecule has 31 heavy (non-hydrogen) atoms. The second-order valence-electron chi connectivity index (χ2n) is 9.36. The van der Waals surface area contributed by atoms with Crippen LogP contribution in [0.5, 0.6) is 0 Å². The fourth-order valence-corrected chi connectivity index (χ4v) is 4.94. The zero-order valence-electron chi connectivity index (χ0n) is 18.6. The van der Waals surface area contributed by atoms with E-state index < -0.39 is 5.66 Å². The summed E-state index contributed by atoms with van der Waals surface area (Å²) in [4.78, 5) is 44.3. The maximum absolute atomic E-state index is 13.2. The highest BCUT2D eigenvalue weighted by Gasteiger charge is 2.52. The fourth-order valence-electron chi connectivity index (χ4n) is 4.94. The van der Waals surface area contributed by atoms with E-state index in [1.54, 1.807) is 21.9 Å². The Morgan fingerprint density at radius 3 is 2.65 bits per heavy atom. The van der Waals surface area contributed by atoms with Gasteiger partial charge in [-0.25, -0.2) is 0 Å². The average molecular weight is 429 g/mol. The lowest BCUT2D eigenvalue weighted by molar-refractivity contribution is -0.122. The number of fused-ring (bicyclic) bond motifs is 3. The van der Waals surface area contributed by atoms with Crippen molar-refractivity contribution in [2.45, 2.75) is 51.2 Å². The van der Waals surface area contributed by atoms with Crippen molar-refractivity contribution in [1.29, 1.82) is 0 Å². The molecule has 8 heteroatoms. The zero-order chi connectivity index (χ0) is 22.2. The number of amides is 3. The molecule has 0 saturated carbocycles. The van der Waals surface area contributed by atoms with Gasteiger partial charge in [0.15, 0.2) is 0 Å². The Bertz CT molecular complexity index is 880. The van der Waals surface area contributed by atoms with Crippen LogP contribution in [0.4, 0.5) is 5.69 Å². The number of rotatable bonds is 6. The molecule has 4 rings (SSSR count). The van der Waals surface area contributed by atoms with E-state index >= 15 is 0 Å². The molecule has 1 aromatic carbocycles. The molecule has 3 aliphatic heterocycles. The molecule has 168 valence electrons. The number of ether oxygens (including phenoxy) is 1. The number of anilines is 1. The Balaban J connectivity index is 1.41. The molecule has 8 nitrogen and oxygen atoms in total. The minimum absolute atomic E-state index is 0.0177. The van der Waals surface area contributed by atoms with Crippen LogP contribution in [0.1, 0.15) is 50.4 Å². The largest absolute Gasteiger partial charge is 0.379 e. The van der Waals surface area contributed by atoms with Crippen LogP contribution in [0.3, 0.4) is 0 Å². The molecule has 1 aromatic rings. The number of nitrogens with zero attached hydrogens (tertiary/aromatic N) is 3. The van der Waals surface area contributed by atoms with Crippen molar-refractivity contribution < 1.29 is 19.1 Å². The van der Waals surface area contributed by atoms with Gasteiger partial charge in [-0.15, -0.1) is 0 Å². The number of morpholine rings is 1. The summed E-state index contributed by atoms with van der Waals surface area (Å²) < 4.78 is 5.42. The van der Waals surface area contributed by atoms with Crippen molar-refractivity contribution in [1.82, 2.24) is 15.1 Å². The van der Waals surface area contributed by atoms with Gasteiger partial charge in [-0.3, -0.25) is 24.2 Å². The Hall–Kier alpha value is -2.45. The number of para-hydroxylation sites is 1. The van der Waals surface area contributed by atoms with Gasteiger partial charge in [0.2, 0.25) is 11.8 Å². The van der Waals surface area contributed by atoms with E-state index in [4.69, 9.17) is 4.74 Å². The predicted molar refractivity (Wildman–Crippen MR) is 117 cm³/mol. The molecule has 0 radical (unpaired) electrons. The topological polar surface area (TPSA) is 82.2 Å². The van der Waals surface area contributed by atoms with Crippen molar-refractivity contribution >= 4 is 23.4 Å². The molecular weight excluding hydrogens is 396 g/mol. The highest BCUT2D eigenvalue weighted by atomic mass is 16.5. The number of benzene rings is 1. The second kappa shape index (κ2) is 8.24. The van der Waals surface area contributed by atoms with E-state index in [0.717, 1.165) is 13.1 Å². The third kappa shape index (κ3) is 3.94. The molecule has 1 unspecified atom stereocenters. The maximum atomic E-state index is 13.2. The van der Waals surface area contributed by atoms with Gasteiger partial charge in [0, 0.05) is 44.6 Å². The Kier molecular flexibility index (Phi) is 5.79. The van der Waals surface area contributed by atoms with Crippen molar-refractivity contribution in [3.8, 4) is 0 Å². The van der Waals surface area contributed by atoms with Crippen LogP contribution < -0.4 is 10.2 Å². The van der Waals surface area contributed by atoms with Crippen molar-refractivity contribution in [3.63, 3.8) is 0 Å². The molecule has 3 heterocycles. The number of nitrogens with one attached hydrogen (secondary N) is 1. The highest BCUT2D eigenvalue weighted by Crippen LogP contribution is 2.43. The molecule has 3 aliphatic rings. The minimum Gasteiger partial charge on any atom is -0.379 e. The first kappa shape index (κ1) is 21.8. The van der Waals surface area contributed by atoms with Crippen LogP contribution in [0.25, 0.3) is 0 Å². The summed E-state index contributed by atoms with van der Waals surface area (Å²) in [6.45, 7) is 10.1. The summed E-state index contributed by atoms with van der Waals surface area (Å²) in [7, 11) is 0. The van der Waals surface area contributed by atoms with Gasteiger partial charge in [0.1, 0.15) is 5.66 Å². The molecule has 0 bridgehead atoms. The molecule has 0 spiro atoms. The van der Waals surface area contributed by atoms with Gasteiger partial charge in [-0.05, 0) is 39.3 Å². The Labute approximate surface area is 183 Å². The van der Waals surface area contributed by atoms with Crippen LogP contribution in [0, 0.1) is 0 Å². The molecule has 1 N–H and O–H groups in total. The van der Waals surface area contributed by atoms with E-state index in [1.807, 2.05) is 19.1 Å². The van der Waals surface area contributed by atoms with Crippen LogP contribution in [0.2, 0.25) is 0 Å². The van der Waals surface area contributed by atoms with Gasteiger partial charge in [0.05, 0.1) is 24.5 Å². The van der Waals surface area contributed by atoms with Gasteiger partial charge in [-0.1, -0.05) is 12.1 Å². The smallest absolute Gasteiger partial charge is 0.257 e. The molecule has 1 atom stereocenters. The van der Waals surface area contributed by atoms with E-state index in [2.05, 4.69) is 24.1 Å². The minimum atomic E-state index is -0.726.